The Hall–Kier alpha value is -0.360. The van der Waals surface area contributed by atoms with Crippen molar-refractivity contribution in [3.8, 4) is 0 Å². The molecule has 112 valence electrons. The third kappa shape index (κ3) is 4.07. The molecular formula is C15H22BrNO3. The number of hydrogen-bond acceptors (Lipinski definition) is 4. The van der Waals surface area contributed by atoms with Crippen LogP contribution in [0.4, 0.5) is 0 Å². The van der Waals surface area contributed by atoms with Gasteiger partial charge in [-0.3, -0.25) is 4.90 Å². The fourth-order valence-electron chi connectivity index (χ4n) is 2.88. The number of ether oxygens (including phenoxy) is 2. The molecule has 0 N–H and O–H groups in total. The zero-order valence-corrected chi connectivity index (χ0v) is 13.3. The molecule has 1 aromatic rings. The van der Waals surface area contributed by atoms with Crippen LogP contribution in [0.2, 0.25) is 0 Å². The largest absolute Gasteiger partial charge is 0.453 e. The molecule has 3 rings (SSSR count). The van der Waals surface area contributed by atoms with Gasteiger partial charge in [0.25, 0.3) is 0 Å². The highest BCUT2D eigenvalue weighted by Crippen LogP contribution is 2.21. The van der Waals surface area contributed by atoms with Gasteiger partial charge in [0.1, 0.15) is 5.76 Å². The Kier molecular flexibility index (Phi) is 5.15. The minimum atomic E-state index is 0.426. The van der Waals surface area contributed by atoms with E-state index in [1.165, 1.54) is 0 Å². The van der Waals surface area contributed by atoms with E-state index in [9.17, 15) is 0 Å². The summed E-state index contributed by atoms with van der Waals surface area (Å²) in [5.41, 5.74) is 0. The summed E-state index contributed by atoms with van der Waals surface area (Å²) in [5.74, 6) is 1.65. The summed E-state index contributed by atoms with van der Waals surface area (Å²) in [6.07, 6.45) is 3.83. The van der Waals surface area contributed by atoms with E-state index < -0.39 is 0 Å². The Labute approximate surface area is 128 Å². The van der Waals surface area contributed by atoms with Gasteiger partial charge in [0.15, 0.2) is 4.67 Å². The molecule has 3 heterocycles. The van der Waals surface area contributed by atoms with Gasteiger partial charge in [0.05, 0.1) is 25.9 Å². The molecule has 0 radical (unpaired) electrons. The molecule has 0 aliphatic carbocycles. The lowest BCUT2D eigenvalue weighted by molar-refractivity contribution is -0.0126. The molecule has 1 aromatic heterocycles. The van der Waals surface area contributed by atoms with E-state index in [0.29, 0.717) is 12.0 Å². The topological polar surface area (TPSA) is 34.8 Å². The first-order valence-corrected chi connectivity index (χ1v) is 8.25. The van der Waals surface area contributed by atoms with Crippen LogP contribution in [0.25, 0.3) is 0 Å². The maximum absolute atomic E-state index is 6.03. The fraction of sp³-hybridized carbons (Fsp3) is 0.733. The van der Waals surface area contributed by atoms with Gasteiger partial charge in [-0.15, -0.1) is 0 Å². The van der Waals surface area contributed by atoms with Gasteiger partial charge in [-0.1, -0.05) is 0 Å². The first-order valence-electron chi connectivity index (χ1n) is 7.45. The van der Waals surface area contributed by atoms with Crippen molar-refractivity contribution in [1.29, 1.82) is 0 Å². The van der Waals surface area contributed by atoms with E-state index in [0.717, 1.165) is 69.1 Å². The average molecular weight is 344 g/mol. The Morgan fingerprint density at radius 2 is 2.10 bits per heavy atom. The summed E-state index contributed by atoms with van der Waals surface area (Å²) < 4.78 is 17.8. The van der Waals surface area contributed by atoms with Gasteiger partial charge in [-0.2, -0.15) is 0 Å². The Bertz CT molecular complexity index is 409. The molecule has 0 bridgehead atoms. The summed E-state index contributed by atoms with van der Waals surface area (Å²) in [4.78, 5) is 2.43. The van der Waals surface area contributed by atoms with Crippen LogP contribution in [-0.4, -0.2) is 43.9 Å². The number of rotatable bonds is 5. The molecule has 0 unspecified atom stereocenters. The summed E-state index contributed by atoms with van der Waals surface area (Å²) in [7, 11) is 0. The van der Waals surface area contributed by atoms with Crippen molar-refractivity contribution in [3.63, 3.8) is 0 Å². The maximum Gasteiger partial charge on any atom is 0.169 e. The molecule has 1 atom stereocenters. The van der Waals surface area contributed by atoms with Gasteiger partial charge in [0, 0.05) is 25.6 Å². The lowest BCUT2D eigenvalue weighted by atomic mass is 10.1. The molecule has 4 nitrogen and oxygen atoms in total. The summed E-state index contributed by atoms with van der Waals surface area (Å²) in [5, 5.41) is 0. The highest BCUT2D eigenvalue weighted by atomic mass is 79.9. The molecular weight excluding hydrogens is 322 g/mol. The molecule has 0 amide bonds. The number of piperidine rings is 1. The first kappa shape index (κ1) is 14.6. The van der Waals surface area contributed by atoms with Crippen molar-refractivity contribution in [2.24, 2.45) is 5.92 Å². The van der Waals surface area contributed by atoms with Crippen molar-refractivity contribution < 1.29 is 13.9 Å². The SMILES string of the molecule is Brc1ccc(CN2CCC(OC[C@H]3CCOC3)CC2)o1. The molecule has 0 aromatic carbocycles. The lowest BCUT2D eigenvalue weighted by Crippen LogP contribution is -2.37. The highest BCUT2D eigenvalue weighted by molar-refractivity contribution is 9.10. The van der Waals surface area contributed by atoms with E-state index in [-0.39, 0.29) is 0 Å². The molecule has 2 saturated heterocycles. The zero-order chi connectivity index (χ0) is 13.8. The van der Waals surface area contributed by atoms with Crippen LogP contribution < -0.4 is 0 Å². The quantitative estimate of drug-likeness (QED) is 0.822. The highest BCUT2D eigenvalue weighted by Gasteiger charge is 2.23. The van der Waals surface area contributed by atoms with Crippen LogP contribution in [0.3, 0.4) is 0 Å². The van der Waals surface area contributed by atoms with E-state index in [4.69, 9.17) is 13.9 Å². The van der Waals surface area contributed by atoms with Crippen molar-refractivity contribution in [2.75, 3.05) is 32.9 Å². The molecule has 5 heteroatoms. The van der Waals surface area contributed by atoms with Crippen LogP contribution in [0.5, 0.6) is 0 Å². The van der Waals surface area contributed by atoms with E-state index in [1.54, 1.807) is 0 Å². The van der Waals surface area contributed by atoms with Crippen LogP contribution >= 0.6 is 15.9 Å². The fourth-order valence-corrected chi connectivity index (χ4v) is 3.22. The predicted octanol–water partition coefficient (Wildman–Crippen LogP) is 3.06. The smallest absolute Gasteiger partial charge is 0.169 e. The summed E-state index contributed by atoms with van der Waals surface area (Å²) in [6, 6.07) is 3.99. The second-order valence-electron chi connectivity index (χ2n) is 5.74. The number of likely N-dealkylation sites (tertiary alicyclic amines) is 1. The van der Waals surface area contributed by atoms with Crippen LogP contribution in [0.15, 0.2) is 21.2 Å². The molecule has 2 aliphatic rings. The predicted molar refractivity (Wildman–Crippen MR) is 79.6 cm³/mol. The number of furan rings is 1. The molecule has 0 saturated carbocycles. The van der Waals surface area contributed by atoms with Crippen LogP contribution in [0.1, 0.15) is 25.0 Å². The van der Waals surface area contributed by atoms with E-state index in [1.807, 2.05) is 12.1 Å². The molecule has 2 fully saturated rings. The van der Waals surface area contributed by atoms with E-state index >= 15 is 0 Å². The van der Waals surface area contributed by atoms with Crippen molar-refractivity contribution in [2.45, 2.75) is 31.9 Å². The van der Waals surface area contributed by atoms with Gasteiger partial charge < -0.3 is 13.9 Å². The van der Waals surface area contributed by atoms with Crippen molar-refractivity contribution >= 4 is 15.9 Å². The first-order chi connectivity index (χ1) is 9.79. The van der Waals surface area contributed by atoms with Crippen molar-refractivity contribution in [3.05, 3.63) is 22.6 Å². The maximum atomic E-state index is 6.03. The lowest BCUT2D eigenvalue weighted by Gasteiger charge is -2.31. The van der Waals surface area contributed by atoms with Crippen LogP contribution in [-0.2, 0) is 16.0 Å². The third-order valence-corrected chi connectivity index (χ3v) is 4.56. The minimum absolute atomic E-state index is 0.426. The molecule has 2 aliphatic heterocycles. The number of nitrogens with zero attached hydrogens (tertiary/aromatic N) is 1. The minimum Gasteiger partial charge on any atom is -0.453 e. The van der Waals surface area contributed by atoms with Crippen LogP contribution in [0, 0.1) is 5.92 Å². The second-order valence-corrected chi connectivity index (χ2v) is 6.53. The zero-order valence-electron chi connectivity index (χ0n) is 11.7. The Morgan fingerprint density at radius 3 is 2.75 bits per heavy atom. The normalized spacial score (nSPS) is 25.4. The van der Waals surface area contributed by atoms with Gasteiger partial charge in [0.2, 0.25) is 0 Å². The Balaban J connectivity index is 1.36. The standard InChI is InChI=1S/C15H22BrNO3/c16-15-2-1-14(20-15)9-17-6-3-13(4-7-17)19-11-12-5-8-18-10-12/h1-2,12-13H,3-11H2/t12-/m0/s1. The van der Waals surface area contributed by atoms with Gasteiger partial charge in [-0.05, 0) is 47.3 Å². The van der Waals surface area contributed by atoms with Crippen molar-refractivity contribution in [1.82, 2.24) is 4.90 Å². The third-order valence-electron chi connectivity index (χ3n) is 4.13. The molecule has 20 heavy (non-hydrogen) atoms. The van der Waals surface area contributed by atoms with Gasteiger partial charge in [-0.25, -0.2) is 0 Å². The summed E-state index contributed by atoms with van der Waals surface area (Å²) >= 11 is 3.34. The second kappa shape index (κ2) is 7.07. The Morgan fingerprint density at radius 1 is 1.25 bits per heavy atom. The monoisotopic (exact) mass is 343 g/mol. The molecule has 0 spiro atoms. The van der Waals surface area contributed by atoms with Gasteiger partial charge >= 0.3 is 0 Å². The average Bonchev–Trinajstić information content (AvgIpc) is 3.10. The number of halogens is 1. The summed E-state index contributed by atoms with van der Waals surface area (Å²) in [6.45, 7) is 5.73. The number of hydrogen-bond donors (Lipinski definition) is 0. The van der Waals surface area contributed by atoms with E-state index in [2.05, 4.69) is 20.8 Å².